The van der Waals surface area contributed by atoms with E-state index in [1.807, 2.05) is 0 Å². The molecule has 0 aromatic rings. The van der Waals surface area contributed by atoms with E-state index >= 15 is 0 Å². The van der Waals surface area contributed by atoms with E-state index in [9.17, 15) is 59.6 Å². The van der Waals surface area contributed by atoms with Gasteiger partial charge in [-0.05, 0) is 76.0 Å². The van der Waals surface area contributed by atoms with Gasteiger partial charge in [0.1, 0.15) is 73.1 Å². The number of nitrogens with one attached hydrogen (secondary N) is 3. The lowest BCUT2D eigenvalue weighted by molar-refractivity contribution is -0.379. The van der Waals surface area contributed by atoms with Crippen LogP contribution in [0.4, 0.5) is 0 Å². The number of fused-ring (bicyclic) bond motifs is 2. The summed E-state index contributed by atoms with van der Waals surface area (Å²) in [6.45, 7) is 4.43. The Kier molecular flexibility index (Phi) is 16.3. The second-order valence-electron chi connectivity index (χ2n) is 24.7. The zero-order chi connectivity index (χ0) is 54.4. The van der Waals surface area contributed by atoms with Crippen molar-refractivity contribution in [2.75, 3.05) is 52.9 Å². The molecule has 9 saturated carbocycles. The molecule has 3 heterocycles. The number of halogens is 1. The smallest absolute Gasteiger partial charge is 0.386 e. The van der Waals surface area contributed by atoms with Gasteiger partial charge in [0.2, 0.25) is 17.7 Å². The Morgan fingerprint density at radius 1 is 0.566 bits per heavy atom. The molecule has 0 aromatic carbocycles. The molecule has 0 spiro atoms. The number of amides is 3. The molecule has 432 valence electrons. The van der Waals surface area contributed by atoms with Gasteiger partial charge in [0, 0.05) is 37.0 Å². The van der Waals surface area contributed by atoms with Crippen molar-refractivity contribution >= 4 is 45.0 Å². The summed E-state index contributed by atoms with van der Waals surface area (Å²) in [5.41, 5.74) is -3.42. The first kappa shape index (κ1) is 57.9. The lowest BCUT2D eigenvalue weighted by Crippen LogP contribution is -2.74. The Hall–Kier alpha value is -1.35. The highest BCUT2D eigenvalue weighted by Crippen LogP contribution is 2.84. The summed E-state index contributed by atoms with van der Waals surface area (Å²) in [6, 6.07) is -3.26. The lowest BCUT2D eigenvalue weighted by Gasteiger charge is -2.70. The third kappa shape index (κ3) is 11.8. The van der Waals surface area contributed by atoms with Crippen LogP contribution in [0, 0.1) is 21.7 Å². The van der Waals surface area contributed by atoms with Gasteiger partial charge in [0.15, 0.2) is 18.9 Å². The van der Waals surface area contributed by atoms with Crippen molar-refractivity contribution in [1.82, 2.24) is 16.0 Å². The first-order valence-corrected chi connectivity index (χ1v) is 31.0. The Bertz CT molecular complexity index is 2170. The van der Waals surface area contributed by atoms with E-state index in [4.69, 9.17) is 47.2 Å². The number of hydrogen-bond acceptors (Lipinski definition) is 21. The Morgan fingerprint density at radius 2 is 1.01 bits per heavy atom. The predicted octanol–water partition coefficient (Wildman–Crippen LogP) is -1.19. The van der Waals surface area contributed by atoms with E-state index in [2.05, 4.69) is 16.0 Å². The molecule has 16 atom stereocenters. The molecular formula is C49H77IN3O22P. The Balaban J connectivity index is 0.702. The van der Waals surface area contributed by atoms with Crippen LogP contribution in [0.5, 0.6) is 0 Å². The summed E-state index contributed by atoms with van der Waals surface area (Å²) in [5.74, 6) is -1.37. The Labute approximate surface area is 453 Å². The number of carbonyl (C=O) groups excluding carboxylic acids is 3. The predicted molar refractivity (Wildman–Crippen MR) is 265 cm³/mol. The number of aliphatic hydroxyl groups excluding tert-OH is 6. The second kappa shape index (κ2) is 21.4. The number of ether oxygens (including phenoxy) is 9. The molecule has 0 aromatic heterocycles. The molecule has 0 radical (unpaired) electrons. The maximum Gasteiger partial charge on any atom is 0.386 e. The van der Waals surface area contributed by atoms with Gasteiger partial charge in [-0.25, -0.2) is 4.57 Å². The molecule has 3 aliphatic heterocycles. The molecule has 27 heteroatoms. The molecule has 16 unspecified atom stereocenters. The zero-order valence-electron chi connectivity index (χ0n) is 43.1. The van der Waals surface area contributed by atoms with E-state index in [1.54, 1.807) is 0 Å². The minimum atomic E-state index is -3.72. The van der Waals surface area contributed by atoms with Gasteiger partial charge in [-0.1, -0.05) is 12.8 Å². The normalized spacial score (nSPS) is 48.0. The summed E-state index contributed by atoms with van der Waals surface area (Å²) in [6.07, 6.45) is -6.55. The summed E-state index contributed by atoms with van der Waals surface area (Å²) in [7, 11) is 0. The summed E-state index contributed by atoms with van der Waals surface area (Å²) in [5, 5.41) is 81.9. The number of aliphatic hydroxyl groups is 7. The number of rotatable bonds is 25. The van der Waals surface area contributed by atoms with Gasteiger partial charge in [0.05, 0.1) is 91.7 Å². The SMILES string of the molecule is CC(=O)NC1C(OCC2(COCC3OC(OC45CC(COCC6OC(OCC78CCC(O)(C7)C8)C(NC(C)=O)C(O)C6O)(C4)C5)C(NC(C)=O)C(O)C3O)CCCC2)OC(COCC23CC2(OP(=O)(O)I)C3)C(O)C1O. The molecule has 12 rings (SSSR count). The third-order valence-corrected chi connectivity index (χ3v) is 19.4. The molecule has 76 heavy (non-hydrogen) atoms. The maximum absolute atomic E-state index is 12.4. The van der Waals surface area contributed by atoms with Crippen LogP contribution in [-0.4, -0.2) is 220 Å². The van der Waals surface area contributed by atoms with Crippen molar-refractivity contribution in [3.8, 4) is 0 Å². The molecule has 3 amide bonds. The van der Waals surface area contributed by atoms with E-state index in [0.717, 1.165) is 19.3 Å². The molecule has 12 aliphatic rings. The highest BCUT2D eigenvalue weighted by molar-refractivity contribution is 14.2. The van der Waals surface area contributed by atoms with Crippen molar-refractivity contribution in [2.45, 2.75) is 213 Å². The van der Waals surface area contributed by atoms with Crippen LogP contribution in [0.1, 0.15) is 104 Å². The average molecular weight is 1220 g/mol. The van der Waals surface area contributed by atoms with Crippen LogP contribution in [-0.2, 0) is 66.1 Å². The second-order valence-corrected chi connectivity index (χ2v) is 29.4. The highest BCUT2D eigenvalue weighted by atomic mass is 127. The van der Waals surface area contributed by atoms with Crippen LogP contribution in [0.3, 0.4) is 0 Å². The van der Waals surface area contributed by atoms with Crippen LogP contribution < -0.4 is 16.0 Å². The number of hydrogen-bond donors (Lipinski definition) is 11. The van der Waals surface area contributed by atoms with E-state index in [-0.39, 0.29) is 69.1 Å². The van der Waals surface area contributed by atoms with E-state index < -0.39 is 137 Å². The first-order chi connectivity index (χ1) is 35.7. The standard InChI is InChI=1S/C49H77IN3O22P/c1-25(54)51-31-37(60)35(58)29(12-68-24-46-18-49(46,19-46)75-76(50,64)65)72-40(31)69-22-43(6-4-5-7-43)20-66-11-30-36(59)39(62)33(53-27(3)56)42(73-30)74-48-15-45(16-48,17-48)21-67-10-28-34(57)38(61)32(52-26(2)55)41(71-28)70-23-44-8-9-47(63,13-44)14-44/h28-42,57-63H,4-24H2,1-3H3,(H,51,54)(H,52,55)(H,53,56)(H,64,65). The van der Waals surface area contributed by atoms with E-state index in [0.29, 0.717) is 64.2 Å². The third-order valence-electron chi connectivity index (χ3n) is 18.3. The van der Waals surface area contributed by atoms with Gasteiger partial charge in [-0.3, -0.25) is 18.9 Å². The highest BCUT2D eigenvalue weighted by Gasteiger charge is 2.86. The van der Waals surface area contributed by atoms with Crippen molar-refractivity contribution in [3.05, 3.63) is 0 Å². The fourth-order valence-corrected chi connectivity index (χ4v) is 16.1. The van der Waals surface area contributed by atoms with Gasteiger partial charge >= 0.3 is 5.24 Å². The molecule has 12 fully saturated rings. The molecule has 11 N–H and O–H groups in total. The monoisotopic (exact) mass is 1220 g/mol. The van der Waals surface area contributed by atoms with Crippen molar-refractivity contribution in [1.29, 1.82) is 0 Å². The minimum Gasteiger partial charge on any atom is -0.390 e. The van der Waals surface area contributed by atoms with Crippen LogP contribution in [0.25, 0.3) is 0 Å². The van der Waals surface area contributed by atoms with Gasteiger partial charge in [0.25, 0.3) is 0 Å². The number of carbonyl (C=O) groups is 3. The lowest BCUT2D eigenvalue weighted by atomic mass is 9.41. The van der Waals surface area contributed by atoms with E-state index in [1.165, 1.54) is 42.8 Å². The van der Waals surface area contributed by atoms with Crippen molar-refractivity contribution in [2.24, 2.45) is 21.7 Å². The zero-order valence-corrected chi connectivity index (χ0v) is 46.2. The van der Waals surface area contributed by atoms with Gasteiger partial charge in [-0.2, -0.15) is 0 Å². The molecule has 9 aliphatic carbocycles. The fraction of sp³-hybridized carbons (Fsp3) is 0.939. The topological polar surface area (TPSA) is 359 Å². The first-order valence-electron chi connectivity index (χ1n) is 26.7. The largest absolute Gasteiger partial charge is 0.390 e. The quantitative estimate of drug-likeness (QED) is 0.0378. The summed E-state index contributed by atoms with van der Waals surface area (Å²) in [4.78, 5) is 46.4. The Morgan fingerprint density at radius 3 is 1.47 bits per heavy atom. The van der Waals surface area contributed by atoms with Crippen molar-refractivity contribution < 1.29 is 107 Å². The maximum atomic E-state index is 12.4. The van der Waals surface area contributed by atoms with Gasteiger partial charge < -0.3 is 99.2 Å². The van der Waals surface area contributed by atoms with Crippen molar-refractivity contribution in [3.63, 3.8) is 0 Å². The minimum absolute atomic E-state index is 0.0725. The fourth-order valence-electron chi connectivity index (χ4n) is 14.2. The molecule has 3 saturated heterocycles. The molecule has 25 nitrogen and oxygen atoms in total. The summed E-state index contributed by atoms with van der Waals surface area (Å²) >= 11 is 1.38. The summed E-state index contributed by atoms with van der Waals surface area (Å²) < 4.78 is 73.2. The van der Waals surface area contributed by atoms with Crippen LogP contribution in [0.15, 0.2) is 0 Å². The molecular weight excluding hydrogens is 1140 g/mol. The molecule has 4 bridgehead atoms. The van der Waals surface area contributed by atoms with Crippen LogP contribution in [0.2, 0.25) is 0 Å². The average Bonchev–Trinajstić information content (AvgIpc) is 3.73. The van der Waals surface area contributed by atoms with Crippen LogP contribution >= 0.6 is 27.3 Å². The van der Waals surface area contributed by atoms with Gasteiger partial charge in [-0.15, -0.1) is 0 Å².